The Bertz CT molecular complexity index is 907. The van der Waals surface area contributed by atoms with Crippen LogP contribution in [0.4, 0.5) is 11.5 Å². The first-order valence-electron chi connectivity index (χ1n) is 6.76. The molecular formula is C15H10ClN5O3. The van der Waals surface area contributed by atoms with E-state index < -0.39 is 10.8 Å². The number of amides is 1. The van der Waals surface area contributed by atoms with Gasteiger partial charge in [-0.05, 0) is 30.3 Å². The fourth-order valence-electron chi connectivity index (χ4n) is 1.97. The summed E-state index contributed by atoms with van der Waals surface area (Å²) in [6.45, 7) is 0. The lowest BCUT2D eigenvalue weighted by molar-refractivity contribution is -0.384. The van der Waals surface area contributed by atoms with E-state index in [4.69, 9.17) is 11.6 Å². The second-order valence-corrected chi connectivity index (χ2v) is 5.17. The summed E-state index contributed by atoms with van der Waals surface area (Å²) in [6.07, 6.45) is 3.06. The number of carbonyl (C=O) groups is 1. The van der Waals surface area contributed by atoms with Crippen molar-refractivity contribution in [2.24, 2.45) is 0 Å². The van der Waals surface area contributed by atoms with Crippen LogP contribution < -0.4 is 5.32 Å². The van der Waals surface area contributed by atoms with Gasteiger partial charge in [-0.25, -0.2) is 9.67 Å². The Kier molecular flexibility index (Phi) is 4.21. The maximum atomic E-state index is 12.2. The fraction of sp³-hybridized carbons (Fsp3) is 0. The highest BCUT2D eigenvalue weighted by Crippen LogP contribution is 2.16. The van der Waals surface area contributed by atoms with Crippen LogP contribution in [0.3, 0.4) is 0 Å². The van der Waals surface area contributed by atoms with E-state index in [1.807, 2.05) is 0 Å². The van der Waals surface area contributed by atoms with Crippen LogP contribution >= 0.6 is 11.6 Å². The quantitative estimate of drug-likeness (QED) is 0.579. The number of hydrogen-bond acceptors (Lipinski definition) is 5. The standard InChI is InChI=1S/C15H10ClN5O3/c16-10-5-7-17-14(9-10)18-15(22)13-6-8-20(19-13)11-1-3-12(4-2-11)21(23)24/h1-9H,(H,17,18,22). The number of pyridine rings is 1. The fourth-order valence-corrected chi connectivity index (χ4v) is 2.13. The third-order valence-corrected chi connectivity index (χ3v) is 3.35. The molecule has 1 amide bonds. The normalized spacial score (nSPS) is 10.4. The van der Waals surface area contributed by atoms with Gasteiger partial charge in [-0.1, -0.05) is 11.6 Å². The van der Waals surface area contributed by atoms with E-state index in [-0.39, 0.29) is 11.4 Å². The lowest BCUT2D eigenvalue weighted by Crippen LogP contribution is -2.14. The average molecular weight is 344 g/mol. The molecule has 1 aromatic carbocycles. The number of halogens is 1. The molecule has 0 aliphatic heterocycles. The maximum absolute atomic E-state index is 12.2. The number of aromatic nitrogens is 3. The van der Waals surface area contributed by atoms with Gasteiger partial charge < -0.3 is 5.32 Å². The summed E-state index contributed by atoms with van der Waals surface area (Å²) in [5.74, 6) is -0.122. The zero-order valence-electron chi connectivity index (χ0n) is 12.1. The van der Waals surface area contributed by atoms with Crippen molar-refractivity contribution in [1.29, 1.82) is 0 Å². The molecule has 120 valence electrons. The van der Waals surface area contributed by atoms with E-state index in [0.29, 0.717) is 16.5 Å². The van der Waals surface area contributed by atoms with Crippen molar-refractivity contribution in [3.05, 3.63) is 75.7 Å². The Balaban J connectivity index is 1.77. The van der Waals surface area contributed by atoms with Crippen LogP contribution in [0.25, 0.3) is 5.69 Å². The van der Waals surface area contributed by atoms with Gasteiger partial charge in [0.2, 0.25) is 0 Å². The van der Waals surface area contributed by atoms with E-state index in [1.165, 1.54) is 35.1 Å². The number of nitrogens with one attached hydrogen (secondary N) is 1. The Hall–Kier alpha value is -3.26. The highest BCUT2D eigenvalue weighted by Gasteiger charge is 2.12. The topological polar surface area (TPSA) is 103 Å². The Morgan fingerprint density at radius 1 is 1.21 bits per heavy atom. The molecule has 0 unspecified atom stereocenters. The number of hydrogen-bond donors (Lipinski definition) is 1. The molecule has 0 bridgehead atoms. The molecule has 0 spiro atoms. The van der Waals surface area contributed by atoms with Gasteiger partial charge in [0, 0.05) is 29.5 Å². The molecule has 0 saturated carbocycles. The van der Waals surface area contributed by atoms with E-state index in [1.54, 1.807) is 24.4 Å². The number of benzene rings is 1. The number of carbonyl (C=O) groups excluding carboxylic acids is 1. The summed E-state index contributed by atoms with van der Waals surface area (Å²) in [6, 6.07) is 10.5. The summed E-state index contributed by atoms with van der Waals surface area (Å²) >= 11 is 5.83. The van der Waals surface area contributed by atoms with Gasteiger partial charge in [-0.15, -0.1) is 0 Å². The molecule has 0 atom stereocenters. The van der Waals surface area contributed by atoms with Crippen molar-refractivity contribution in [3.63, 3.8) is 0 Å². The van der Waals surface area contributed by atoms with Crippen molar-refractivity contribution in [2.45, 2.75) is 0 Å². The number of anilines is 1. The first-order chi connectivity index (χ1) is 11.5. The van der Waals surface area contributed by atoms with Gasteiger partial charge in [-0.2, -0.15) is 5.10 Å². The number of nitro groups is 1. The van der Waals surface area contributed by atoms with Crippen molar-refractivity contribution >= 4 is 29.0 Å². The molecule has 2 heterocycles. The zero-order chi connectivity index (χ0) is 17.1. The Morgan fingerprint density at radius 3 is 2.62 bits per heavy atom. The largest absolute Gasteiger partial charge is 0.305 e. The Morgan fingerprint density at radius 2 is 1.96 bits per heavy atom. The van der Waals surface area contributed by atoms with E-state index in [2.05, 4.69) is 15.4 Å². The molecule has 3 rings (SSSR count). The molecule has 9 heteroatoms. The van der Waals surface area contributed by atoms with Crippen LogP contribution in [0.15, 0.2) is 54.9 Å². The molecule has 2 aromatic heterocycles. The van der Waals surface area contributed by atoms with Gasteiger partial charge >= 0.3 is 0 Å². The lowest BCUT2D eigenvalue weighted by Gasteiger charge is -2.03. The minimum Gasteiger partial charge on any atom is -0.305 e. The second kappa shape index (κ2) is 6.47. The highest BCUT2D eigenvalue weighted by molar-refractivity contribution is 6.30. The van der Waals surface area contributed by atoms with Crippen LogP contribution in [-0.4, -0.2) is 25.6 Å². The van der Waals surface area contributed by atoms with Crippen molar-refractivity contribution in [1.82, 2.24) is 14.8 Å². The summed E-state index contributed by atoms with van der Waals surface area (Å²) in [5, 5.41) is 17.8. The van der Waals surface area contributed by atoms with E-state index >= 15 is 0 Å². The van der Waals surface area contributed by atoms with Crippen LogP contribution in [0.2, 0.25) is 5.02 Å². The molecule has 24 heavy (non-hydrogen) atoms. The average Bonchev–Trinajstić information content (AvgIpc) is 3.05. The van der Waals surface area contributed by atoms with Crippen LogP contribution in [0.5, 0.6) is 0 Å². The van der Waals surface area contributed by atoms with Gasteiger partial charge in [0.25, 0.3) is 11.6 Å². The van der Waals surface area contributed by atoms with E-state index in [0.717, 1.165) is 0 Å². The monoisotopic (exact) mass is 343 g/mol. The molecule has 0 saturated heterocycles. The second-order valence-electron chi connectivity index (χ2n) is 4.73. The van der Waals surface area contributed by atoms with Gasteiger partial charge in [-0.3, -0.25) is 14.9 Å². The Labute approximate surface area is 140 Å². The van der Waals surface area contributed by atoms with Gasteiger partial charge in [0.15, 0.2) is 5.69 Å². The molecule has 1 N–H and O–H groups in total. The number of nitrogens with zero attached hydrogens (tertiary/aromatic N) is 4. The first kappa shape index (κ1) is 15.6. The summed E-state index contributed by atoms with van der Waals surface area (Å²) < 4.78 is 1.45. The molecular weight excluding hydrogens is 334 g/mol. The van der Waals surface area contributed by atoms with Crippen molar-refractivity contribution < 1.29 is 9.72 Å². The van der Waals surface area contributed by atoms with Gasteiger partial charge in [0.05, 0.1) is 10.6 Å². The van der Waals surface area contributed by atoms with Gasteiger partial charge in [0.1, 0.15) is 5.82 Å². The van der Waals surface area contributed by atoms with Crippen LogP contribution in [-0.2, 0) is 0 Å². The minimum absolute atomic E-state index is 0.0177. The van der Waals surface area contributed by atoms with Crippen molar-refractivity contribution in [2.75, 3.05) is 5.32 Å². The third kappa shape index (κ3) is 3.39. The maximum Gasteiger partial charge on any atom is 0.277 e. The molecule has 0 fully saturated rings. The van der Waals surface area contributed by atoms with Crippen LogP contribution in [0, 0.1) is 10.1 Å². The van der Waals surface area contributed by atoms with Crippen LogP contribution in [0.1, 0.15) is 10.5 Å². The predicted octanol–water partition coefficient (Wildman–Crippen LogP) is 3.08. The summed E-state index contributed by atoms with van der Waals surface area (Å²) in [4.78, 5) is 26.3. The summed E-state index contributed by atoms with van der Waals surface area (Å²) in [7, 11) is 0. The zero-order valence-corrected chi connectivity index (χ0v) is 12.8. The summed E-state index contributed by atoms with van der Waals surface area (Å²) in [5.41, 5.74) is 0.756. The number of nitro benzene ring substituents is 1. The minimum atomic E-state index is -0.482. The smallest absolute Gasteiger partial charge is 0.277 e. The highest BCUT2D eigenvalue weighted by atomic mass is 35.5. The first-order valence-corrected chi connectivity index (χ1v) is 7.14. The van der Waals surface area contributed by atoms with Crippen molar-refractivity contribution in [3.8, 4) is 5.69 Å². The SMILES string of the molecule is O=C(Nc1cc(Cl)ccn1)c1ccn(-c2ccc([N+](=O)[O-])cc2)n1. The third-order valence-electron chi connectivity index (χ3n) is 3.11. The lowest BCUT2D eigenvalue weighted by atomic mass is 10.3. The molecule has 0 radical (unpaired) electrons. The molecule has 0 aliphatic carbocycles. The molecule has 3 aromatic rings. The number of rotatable bonds is 4. The molecule has 8 nitrogen and oxygen atoms in total. The predicted molar refractivity (Wildman–Crippen MR) is 87.4 cm³/mol. The molecule has 0 aliphatic rings. The number of non-ortho nitro benzene ring substituents is 1. The van der Waals surface area contributed by atoms with E-state index in [9.17, 15) is 14.9 Å².